The van der Waals surface area contributed by atoms with Gasteiger partial charge in [-0.15, -0.1) is 4.91 Å². The Balaban J connectivity index is -0.0000000739. The summed E-state index contributed by atoms with van der Waals surface area (Å²) in [5, 5.41) is 31.1. The molecule has 0 heterocycles. The fourth-order valence-corrected chi connectivity index (χ4v) is 0. The summed E-state index contributed by atoms with van der Waals surface area (Å²) >= 11 is 0. The molecule has 18 heavy (non-hydrogen) atoms. The number of carboxylic acid groups (broad SMARTS) is 3. The van der Waals surface area contributed by atoms with Gasteiger partial charge in [-0.1, -0.05) is 20.8 Å². The van der Waals surface area contributed by atoms with Gasteiger partial charge in [0.1, 0.15) is 0 Å². The van der Waals surface area contributed by atoms with Gasteiger partial charge in [-0.3, -0.25) is 14.4 Å². The van der Waals surface area contributed by atoms with Crippen molar-refractivity contribution in [3.8, 4) is 0 Å². The van der Waals surface area contributed by atoms with Gasteiger partial charge in [0.25, 0.3) is 0 Å². The SMILES string of the molecule is CCC(=O)O.CCC(=O)O.CCC(=O)O.O=NO. The zero-order valence-corrected chi connectivity index (χ0v) is 10.5. The largest absolute Gasteiger partial charge is 0.481 e. The van der Waals surface area contributed by atoms with Crippen LogP contribution in [-0.4, -0.2) is 38.4 Å². The van der Waals surface area contributed by atoms with Crippen molar-refractivity contribution in [1.29, 1.82) is 0 Å². The molecule has 4 N–H and O–H groups in total. The summed E-state index contributed by atoms with van der Waals surface area (Å²) in [5.41, 5.74) is 0. The number of aliphatic carboxylic acids is 3. The summed E-state index contributed by atoms with van der Waals surface area (Å²) in [6.07, 6.45) is 0.667. The highest BCUT2D eigenvalue weighted by molar-refractivity contribution is 5.66. The lowest BCUT2D eigenvalue weighted by atomic mass is 10.5. The highest BCUT2D eigenvalue weighted by atomic mass is 16.6. The highest BCUT2D eigenvalue weighted by Gasteiger charge is 1.81. The normalized spacial score (nSPS) is 6.83. The number of hydrogen-bond acceptors (Lipinski definition) is 5. The maximum absolute atomic E-state index is 9.37. The van der Waals surface area contributed by atoms with Gasteiger partial charge in [0, 0.05) is 19.3 Å². The molecule has 0 unspecified atom stereocenters. The molecule has 0 radical (unpaired) electrons. The van der Waals surface area contributed by atoms with Crippen molar-refractivity contribution in [1.82, 2.24) is 0 Å². The van der Waals surface area contributed by atoms with Crippen molar-refractivity contribution in [2.45, 2.75) is 40.0 Å². The van der Waals surface area contributed by atoms with Crippen molar-refractivity contribution in [3.63, 3.8) is 0 Å². The third-order valence-electron chi connectivity index (χ3n) is 0.907. The number of rotatable bonds is 3. The lowest BCUT2D eigenvalue weighted by Gasteiger charge is -1.71. The van der Waals surface area contributed by atoms with Crippen molar-refractivity contribution >= 4 is 17.9 Å². The number of carboxylic acids is 3. The van der Waals surface area contributed by atoms with E-state index in [1.165, 1.54) is 5.34 Å². The van der Waals surface area contributed by atoms with Crippen molar-refractivity contribution in [2.75, 3.05) is 0 Å². The van der Waals surface area contributed by atoms with Crippen LogP contribution in [0.5, 0.6) is 0 Å². The summed E-state index contributed by atoms with van der Waals surface area (Å²) < 4.78 is 0. The zero-order valence-electron chi connectivity index (χ0n) is 10.5. The van der Waals surface area contributed by atoms with E-state index in [1.807, 2.05) is 0 Å². The van der Waals surface area contributed by atoms with Gasteiger partial charge in [0.2, 0.25) is 0 Å². The standard InChI is InChI=1S/3C3H6O2.HNO2/c3*1-2-3(4)5;2-1-3/h3*2H2,1H3,(H,4,5);(H,2,3). The summed E-state index contributed by atoms with van der Waals surface area (Å²) in [4.78, 5) is 36.2. The van der Waals surface area contributed by atoms with Crippen LogP contribution < -0.4 is 0 Å². The molecule has 0 fully saturated rings. The van der Waals surface area contributed by atoms with Crippen LogP contribution in [0.1, 0.15) is 40.0 Å². The summed E-state index contributed by atoms with van der Waals surface area (Å²) in [6.45, 7) is 4.80. The van der Waals surface area contributed by atoms with Gasteiger partial charge in [-0.05, 0) is 0 Å². The van der Waals surface area contributed by atoms with E-state index in [9.17, 15) is 14.4 Å². The van der Waals surface area contributed by atoms with E-state index < -0.39 is 17.9 Å². The van der Waals surface area contributed by atoms with Crippen LogP contribution in [-0.2, 0) is 14.4 Å². The molecular weight excluding hydrogens is 250 g/mol. The average Bonchev–Trinajstić information content (AvgIpc) is 2.31. The third kappa shape index (κ3) is 156. The maximum Gasteiger partial charge on any atom is 0.303 e. The lowest BCUT2D eigenvalue weighted by Crippen LogP contribution is -1.86. The molecule has 0 aliphatic carbocycles. The molecule has 108 valence electrons. The second-order valence-electron chi connectivity index (χ2n) is 2.32. The van der Waals surface area contributed by atoms with Gasteiger partial charge in [-0.25, -0.2) is 0 Å². The van der Waals surface area contributed by atoms with Crippen LogP contribution in [0.15, 0.2) is 5.34 Å². The molecule has 9 nitrogen and oxygen atoms in total. The Labute approximate surface area is 104 Å². The van der Waals surface area contributed by atoms with E-state index in [0.29, 0.717) is 0 Å². The van der Waals surface area contributed by atoms with E-state index >= 15 is 0 Å². The van der Waals surface area contributed by atoms with Crippen molar-refractivity contribution in [2.24, 2.45) is 5.34 Å². The number of nitrogens with zero attached hydrogens (tertiary/aromatic N) is 1. The molecule has 0 saturated heterocycles. The zero-order chi connectivity index (χ0) is 15.6. The fourth-order valence-electron chi connectivity index (χ4n) is 0. The van der Waals surface area contributed by atoms with Crippen LogP contribution in [0, 0.1) is 4.91 Å². The van der Waals surface area contributed by atoms with Gasteiger partial charge in [-0.2, -0.15) is 0 Å². The van der Waals surface area contributed by atoms with Crippen LogP contribution in [0.25, 0.3) is 0 Å². The minimum Gasteiger partial charge on any atom is -0.481 e. The molecule has 0 aliphatic heterocycles. The van der Waals surface area contributed by atoms with Crippen molar-refractivity contribution < 1.29 is 34.9 Å². The summed E-state index contributed by atoms with van der Waals surface area (Å²) in [5.74, 6) is -2.24. The number of carbonyl (C=O) groups is 3. The first-order valence-electron chi connectivity index (χ1n) is 4.85. The molecule has 0 aromatic carbocycles. The van der Waals surface area contributed by atoms with Gasteiger partial charge in [0.05, 0.1) is 0 Å². The summed E-state index contributed by atoms with van der Waals surface area (Å²) in [6, 6.07) is 0. The van der Waals surface area contributed by atoms with Gasteiger partial charge < -0.3 is 20.5 Å². The maximum atomic E-state index is 9.37. The minimum absolute atomic E-state index is 0.222. The molecule has 0 rings (SSSR count). The topological polar surface area (TPSA) is 162 Å². The fraction of sp³-hybridized carbons (Fsp3) is 0.667. The first kappa shape index (κ1) is 24.9. The van der Waals surface area contributed by atoms with Crippen molar-refractivity contribution in [3.05, 3.63) is 4.91 Å². The molecule has 0 aliphatic rings. The minimum atomic E-state index is -0.745. The van der Waals surface area contributed by atoms with E-state index in [2.05, 4.69) is 0 Å². The lowest BCUT2D eigenvalue weighted by molar-refractivity contribution is -0.137. The third-order valence-corrected chi connectivity index (χ3v) is 0.907. The molecular formula is C9H19NO8. The predicted octanol–water partition coefficient (Wildman–Crippen LogP) is 1.58. The Morgan fingerprint density at radius 3 is 0.833 bits per heavy atom. The Bertz CT molecular complexity index is 195. The van der Waals surface area contributed by atoms with Crippen LogP contribution in [0.4, 0.5) is 0 Å². The Morgan fingerprint density at radius 2 is 0.833 bits per heavy atom. The molecule has 0 spiro atoms. The monoisotopic (exact) mass is 269 g/mol. The molecule has 0 aromatic rings. The van der Waals surface area contributed by atoms with E-state index in [1.54, 1.807) is 20.8 Å². The highest BCUT2D eigenvalue weighted by Crippen LogP contribution is 1.68. The van der Waals surface area contributed by atoms with Crippen LogP contribution >= 0.6 is 0 Å². The predicted molar refractivity (Wildman–Crippen MR) is 61.4 cm³/mol. The molecule has 0 atom stereocenters. The quantitative estimate of drug-likeness (QED) is 0.443. The Morgan fingerprint density at radius 1 is 0.778 bits per heavy atom. The van der Waals surface area contributed by atoms with E-state index in [0.717, 1.165) is 0 Å². The van der Waals surface area contributed by atoms with Crippen LogP contribution in [0.2, 0.25) is 0 Å². The summed E-state index contributed by atoms with van der Waals surface area (Å²) in [7, 11) is 0. The molecule has 0 aromatic heterocycles. The Hall–Kier alpha value is -2.19. The van der Waals surface area contributed by atoms with E-state index in [4.69, 9.17) is 25.4 Å². The Kier molecular flexibility index (Phi) is 33.4. The second kappa shape index (κ2) is 24.2. The van der Waals surface area contributed by atoms with E-state index in [-0.39, 0.29) is 19.3 Å². The average molecular weight is 269 g/mol. The molecule has 0 saturated carbocycles. The molecule has 0 bridgehead atoms. The van der Waals surface area contributed by atoms with Gasteiger partial charge in [0.15, 0.2) is 5.34 Å². The second-order valence-corrected chi connectivity index (χ2v) is 2.32. The number of hydrogen-bond donors (Lipinski definition) is 4. The molecule has 0 amide bonds. The first-order chi connectivity index (χ1) is 8.22. The van der Waals surface area contributed by atoms with Gasteiger partial charge >= 0.3 is 17.9 Å². The molecule has 9 heteroatoms. The first-order valence-corrected chi connectivity index (χ1v) is 4.85. The van der Waals surface area contributed by atoms with Crippen LogP contribution in [0.3, 0.4) is 0 Å². The smallest absolute Gasteiger partial charge is 0.303 e.